The highest BCUT2D eigenvalue weighted by Crippen LogP contribution is 2.15. The van der Waals surface area contributed by atoms with Crippen molar-refractivity contribution in [2.24, 2.45) is 0 Å². The van der Waals surface area contributed by atoms with E-state index in [-0.39, 0.29) is 25.4 Å². The highest BCUT2D eigenvalue weighted by atomic mass is 16.5. The summed E-state index contributed by atoms with van der Waals surface area (Å²) < 4.78 is 5.29. The molecule has 3 nitrogen and oxygen atoms in total. The molecular formula is C11H14O3. The molecule has 0 unspecified atom stereocenters. The van der Waals surface area contributed by atoms with Gasteiger partial charge in [-0.05, 0) is 18.6 Å². The van der Waals surface area contributed by atoms with Crippen LogP contribution in [0.25, 0.3) is 0 Å². The quantitative estimate of drug-likeness (QED) is 0.769. The molecule has 1 rings (SSSR count). The van der Waals surface area contributed by atoms with Gasteiger partial charge in [0.15, 0.2) is 5.78 Å². The van der Waals surface area contributed by atoms with E-state index in [2.05, 4.69) is 0 Å². The zero-order valence-corrected chi connectivity index (χ0v) is 8.19. The Morgan fingerprint density at radius 3 is 2.79 bits per heavy atom. The van der Waals surface area contributed by atoms with Crippen LogP contribution in [0, 0.1) is 6.92 Å². The van der Waals surface area contributed by atoms with Gasteiger partial charge in [-0.25, -0.2) is 0 Å². The lowest BCUT2D eigenvalue weighted by atomic mass is 10.2. The van der Waals surface area contributed by atoms with Crippen molar-refractivity contribution in [1.29, 1.82) is 0 Å². The van der Waals surface area contributed by atoms with E-state index in [0.29, 0.717) is 0 Å². The molecule has 0 heterocycles. The van der Waals surface area contributed by atoms with Gasteiger partial charge >= 0.3 is 0 Å². The maximum atomic E-state index is 11.0. The second kappa shape index (κ2) is 5.40. The van der Waals surface area contributed by atoms with Crippen LogP contribution in [0.2, 0.25) is 0 Å². The number of hydrogen-bond donors (Lipinski definition) is 1. The number of benzene rings is 1. The summed E-state index contributed by atoms with van der Waals surface area (Å²) in [5, 5.41) is 8.51. The highest BCUT2D eigenvalue weighted by Gasteiger charge is 2.03. The number of aryl methyl sites for hydroxylation is 1. The zero-order valence-electron chi connectivity index (χ0n) is 8.19. The van der Waals surface area contributed by atoms with Crippen LogP contribution in [0.3, 0.4) is 0 Å². The van der Waals surface area contributed by atoms with Gasteiger partial charge in [0.2, 0.25) is 0 Å². The van der Waals surface area contributed by atoms with E-state index < -0.39 is 0 Å². The van der Waals surface area contributed by atoms with Crippen LogP contribution < -0.4 is 4.74 Å². The molecule has 0 aliphatic carbocycles. The molecule has 0 amide bonds. The summed E-state index contributed by atoms with van der Waals surface area (Å²) in [7, 11) is 0. The molecule has 0 saturated heterocycles. The SMILES string of the molecule is Cc1ccccc1OCC(=O)CCO. The molecule has 0 fully saturated rings. The standard InChI is InChI=1S/C11H14O3/c1-9-4-2-3-5-11(9)14-8-10(13)6-7-12/h2-5,12H,6-8H2,1H3. The molecule has 1 aromatic rings. The number of ketones is 1. The molecule has 0 aliphatic rings. The van der Waals surface area contributed by atoms with Gasteiger partial charge in [0.25, 0.3) is 0 Å². The Balaban J connectivity index is 2.46. The predicted molar refractivity (Wildman–Crippen MR) is 53.4 cm³/mol. The second-order valence-corrected chi connectivity index (χ2v) is 3.07. The van der Waals surface area contributed by atoms with Gasteiger partial charge in [0.05, 0.1) is 6.61 Å². The molecule has 0 bridgehead atoms. The number of aliphatic hydroxyl groups is 1. The van der Waals surface area contributed by atoms with Gasteiger partial charge in [0, 0.05) is 6.42 Å². The summed E-state index contributed by atoms with van der Waals surface area (Å²) in [5.41, 5.74) is 1.00. The number of aliphatic hydroxyl groups excluding tert-OH is 1. The average molecular weight is 194 g/mol. The minimum Gasteiger partial charge on any atom is -0.486 e. The second-order valence-electron chi connectivity index (χ2n) is 3.07. The van der Waals surface area contributed by atoms with Crippen LogP contribution >= 0.6 is 0 Å². The lowest BCUT2D eigenvalue weighted by Gasteiger charge is -2.07. The van der Waals surface area contributed by atoms with Gasteiger partial charge in [0.1, 0.15) is 12.4 Å². The number of rotatable bonds is 5. The van der Waals surface area contributed by atoms with Crippen LogP contribution in [-0.2, 0) is 4.79 Å². The first-order chi connectivity index (χ1) is 6.74. The van der Waals surface area contributed by atoms with Gasteiger partial charge in [-0.3, -0.25) is 4.79 Å². The molecule has 0 atom stereocenters. The largest absolute Gasteiger partial charge is 0.486 e. The molecule has 0 aromatic heterocycles. The van der Waals surface area contributed by atoms with Crippen LogP contribution in [0.5, 0.6) is 5.75 Å². The summed E-state index contributed by atoms with van der Waals surface area (Å²) in [5.74, 6) is 0.634. The summed E-state index contributed by atoms with van der Waals surface area (Å²) in [4.78, 5) is 11.0. The fraction of sp³-hybridized carbons (Fsp3) is 0.364. The Hall–Kier alpha value is -1.35. The van der Waals surface area contributed by atoms with Crippen LogP contribution in [-0.4, -0.2) is 24.1 Å². The van der Waals surface area contributed by atoms with Crippen molar-refractivity contribution in [1.82, 2.24) is 0 Å². The lowest BCUT2D eigenvalue weighted by Crippen LogP contribution is -2.12. The molecular weight excluding hydrogens is 180 g/mol. The number of carbonyl (C=O) groups is 1. The lowest BCUT2D eigenvalue weighted by molar-refractivity contribution is -0.121. The number of carbonyl (C=O) groups excluding carboxylic acids is 1. The molecule has 14 heavy (non-hydrogen) atoms. The van der Waals surface area contributed by atoms with Gasteiger partial charge < -0.3 is 9.84 Å². The van der Waals surface area contributed by atoms with Gasteiger partial charge in [-0.2, -0.15) is 0 Å². The third-order valence-corrected chi connectivity index (χ3v) is 1.87. The number of ether oxygens (including phenoxy) is 1. The van der Waals surface area contributed by atoms with E-state index in [0.717, 1.165) is 11.3 Å². The molecule has 0 aliphatic heterocycles. The highest BCUT2D eigenvalue weighted by molar-refractivity contribution is 5.80. The third-order valence-electron chi connectivity index (χ3n) is 1.87. The monoisotopic (exact) mass is 194 g/mol. The Morgan fingerprint density at radius 2 is 2.14 bits per heavy atom. The molecule has 0 saturated carbocycles. The first-order valence-corrected chi connectivity index (χ1v) is 4.55. The Morgan fingerprint density at radius 1 is 1.43 bits per heavy atom. The maximum Gasteiger partial charge on any atom is 0.172 e. The molecule has 1 N–H and O–H groups in total. The van der Waals surface area contributed by atoms with Crippen molar-refractivity contribution in [3.05, 3.63) is 29.8 Å². The van der Waals surface area contributed by atoms with Crippen molar-refractivity contribution in [2.75, 3.05) is 13.2 Å². The van der Waals surface area contributed by atoms with E-state index in [4.69, 9.17) is 9.84 Å². The molecule has 3 heteroatoms. The predicted octanol–water partition coefficient (Wildman–Crippen LogP) is 1.33. The molecule has 0 spiro atoms. The number of para-hydroxylation sites is 1. The van der Waals surface area contributed by atoms with Crippen molar-refractivity contribution in [3.8, 4) is 5.75 Å². The first kappa shape index (κ1) is 10.7. The van der Waals surface area contributed by atoms with E-state index >= 15 is 0 Å². The fourth-order valence-electron chi connectivity index (χ4n) is 1.07. The van der Waals surface area contributed by atoms with Gasteiger partial charge in [-0.15, -0.1) is 0 Å². The zero-order chi connectivity index (χ0) is 10.4. The Labute approximate surface area is 83.3 Å². The maximum absolute atomic E-state index is 11.0. The molecule has 1 aromatic carbocycles. The minimum atomic E-state index is -0.115. The minimum absolute atomic E-state index is 0.0331. The number of Topliss-reactive ketones (excluding diaryl/α,β-unsaturated/α-hetero) is 1. The molecule has 76 valence electrons. The summed E-state index contributed by atoms with van der Waals surface area (Å²) in [6.07, 6.45) is 0.159. The van der Waals surface area contributed by atoms with E-state index in [9.17, 15) is 4.79 Å². The van der Waals surface area contributed by atoms with Gasteiger partial charge in [-0.1, -0.05) is 18.2 Å². The topological polar surface area (TPSA) is 46.5 Å². The summed E-state index contributed by atoms with van der Waals surface area (Å²) >= 11 is 0. The van der Waals surface area contributed by atoms with Crippen molar-refractivity contribution >= 4 is 5.78 Å². The number of hydrogen-bond acceptors (Lipinski definition) is 3. The van der Waals surface area contributed by atoms with Crippen LogP contribution in [0.4, 0.5) is 0 Å². The average Bonchev–Trinajstić information content (AvgIpc) is 2.17. The van der Waals surface area contributed by atoms with Crippen LogP contribution in [0.15, 0.2) is 24.3 Å². The van der Waals surface area contributed by atoms with Crippen molar-refractivity contribution < 1.29 is 14.6 Å². The molecule has 0 radical (unpaired) electrons. The van der Waals surface area contributed by atoms with Crippen molar-refractivity contribution in [3.63, 3.8) is 0 Å². The van der Waals surface area contributed by atoms with Crippen molar-refractivity contribution in [2.45, 2.75) is 13.3 Å². The Bertz CT molecular complexity index is 307. The van der Waals surface area contributed by atoms with E-state index in [1.54, 1.807) is 0 Å². The summed E-state index contributed by atoms with van der Waals surface area (Å²) in [6, 6.07) is 7.52. The van der Waals surface area contributed by atoms with E-state index in [1.165, 1.54) is 0 Å². The van der Waals surface area contributed by atoms with E-state index in [1.807, 2.05) is 31.2 Å². The summed E-state index contributed by atoms with van der Waals surface area (Å²) in [6.45, 7) is 1.84. The van der Waals surface area contributed by atoms with Crippen LogP contribution in [0.1, 0.15) is 12.0 Å². The first-order valence-electron chi connectivity index (χ1n) is 4.55. The third kappa shape index (κ3) is 3.18. The smallest absolute Gasteiger partial charge is 0.172 e. The fourth-order valence-corrected chi connectivity index (χ4v) is 1.07. The Kier molecular flexibility index (Phi) is 4.13. The normalized spacial score (nSPS) is 9.86.